The molecule has 37 heavy (non-hydrogen) atoms. The highest BCUT2D eigenvalue weighted by Gasteiger charge is 2.37. The number of hydrogen-bond donors (Lipinski definition) is 0. The Hall–Kier alpha value is -3.64. The topological polar surface area (TPSA) is 45.6 Å². The van der Waals surface area contributed by atoms with Gasteiger partial charge in [-0.2, -0.15) is 0 Å². The molecule has 0 N–H and O–H groups in total. The Bertz CT molecular complexity index is 1440. The molecule has 0 fully saturated rings. The average Bonchev–Trinajstić information content (AvgIpc) is 3.40. The molecule has 1 atom stereocenters. The van der Waals surface area contributed by atoms with Gasteiger partial charge in [0.2, 0.25) is 5.91 Å². The van der Waals surface area contributed by atoms with E-state index in [1.807, 2.05) is 65.7 Å². The molecule has 0 radical (unpaired) electrons. The maximum Gasteiger partial charge on any atom is 0.254 e. The number of benzene rings is 3. The predicted octanol–water partition coefficient (Wildman–Crippen LogP) is 6.93. The zero-order valence-corrected chi connectivity index (χ0v) is 22.7. The number of aromatic nitrogens is 1. The molecule has 4 aromatic rings. The zero-order chi connectivity index (χ0) is 25.9. The Morgan fingerprint density at radius 3 is 2.46 bits per heavy atom. The minimum Gasteiger partial charge on any atom is -0.329 e. The Balaban J connectivity index is 1.56. The maximum absolute atomic E-state index is 14.3. The second kappa shape index (κ2) is 10.8. The second-order valence-electron chi connectivity index (χ2n) is 9.46. The summed E-state index contributed by atoms with van der Waals surface area (Å²) in [6.45, 7) is 4.68. The molecular formula is C31H30BrN3O2. The molecule has 1 aromatic heterocycles. The van der Waals surface area contributed by atoms with Crippen LogP contribution in [-0.4, -0.2) is 34.4 Å². The number of unbranched alkanes of at least 4 members (excludes halogenated alkanes) is 1. The van der Waals surface area contributed by atoms with Crippen molar-refractivity contribution in [2.45, 2.75) is 32.7 Å². The van der Waals surface area contributed by atoms with Gasteiger partial charge in [-0.15, -0.1) is 0 Å². The summed E-state index contributed by atoms with van der Waals surface area (Å²) in [6, 6.07) is 27.4. The van der Waals surface area contributed by atoms with Crippen LogP contribution in [-0.2, 0) is 4.79 Å². The number of amides is 2. The summed E-state index contributed by atoms with van der Waals surface area (Å²) in [5.41, 5.74) is 5.57. The molecule has 5 nitrogen and oxygen atoms in total. The van der Waals surface area contributed by atoms with Crippen molar-refractivity contribution in [2.24, 2.45) is 0 Å². The highest BCUT2D eigenvalue weighted by Crippen LogP contribution is 2.42. The van der Waals surface area contributed by atoms with Crippen molar-refractivity contribution in [3.8, 4) is 5.69 Å². The van der Waals surface area contributed by atoms with Crippen LogP contribution in [0.25, 0.3) is 5.69 Å². The van der Waals surface area contributed by atoms with E-state index in [4.69, 9.17) is 0 Å². The second-order valence-corrected chi connectivity index (χ2v) is 10.4. The molecule has 5 rings (SSSR count). The SMILES string of the molecule is CCCCN(CC(=O)N1c2ccccc2-n2cccc2C1c1cccc(C)c1)C(=O)c1cccc(Br)c1. The van der Waals surface area contributed by atoms with Gasteiger partial charge in [0, 0.05) is 22.8 Å². The largest absolute Gasteiger partial charge is 0.329 e. The molecule has 3 aromatic carbocycles. The lowest BCUT2D eigenvalue weighted by Crippen LogP contribution is -2.47. The Morgan fingerprint density at radius 2 is 1.70 bits per heavy atom. The van der Waals surface area contributed by atoms with Crippen LogP contribution in [0.4, 0.5) is 5.69 Å². The molecule has 2 heterocycles. The van der Waals surface area contributed by atoms with Crippen LogP contribution in [0.2, 0.25) is 0 Å². The van der Waals surface area contributed by atoms with E-state index in [2.05, 4.69) is 58.6 Å². The lowest BCUT2D eigenvalue weighted by Gasteiger charge is -2.39. The van der Waals surface area contributed by atoms with Crippen molar-refractivity contribution in [3.63, 3.8) is 0 Å². The molecule has 0 saturated heterocycles. The number of para-hydroxylation sites is 2. The molecule has 1 aliphatic heterocycles. The number of fused-ring (bicyclic) bond motifs is 3. The third-order valence-corrected chi connectivity index (χ3v) is 7.31. The van der Waals surface area contributed by atoms with Gasteiger partial charge < -0.3 is 9.47 Å². The lowest BCUT2D eigenvalue weighted by atomic mass is 9.96. The van der Waals surface area contributed by atoms with E-state index in [1.165, 1.54) is 0 Å². The van der Waals surface area contributed by atoms with Gasteiger partial charge >= 0.3 is 0 Å². The van der Waals surface area contributed by atoms with Crippen LogP contribution in [0, 0.1) is 6.92 Å². The fourth-order valence-corrected chi connectivity index (χ4v) is 5.46. The van der Waals surface area contributed by atoms with Crippen molar-refractivity contribution >= 4 is 33.4 Å². The highest BCUT2D eigenvalue weighted by atomic mass is 79.9. The highest BCUT2D eigenvalue weighted by molar-refractivity contribution is 9.10. The van der Waals surface area contributed by atoms with Gasteiger partial charge in [0.05, 0.1) is 17.1 Å². The number of carbonyl (C=O) groups is 2. The molecule has 2 amide bonds. The minimum absolute atomic E-state index is 0.00268. The van der Waals surface area contributed by atoms with Gasteiger partial charge in [0.25, 0.3) is 5.91 Å². The molecule has 1 unspecified atom stereocenters. The Labute approximate surface area is 226 Å². The fraction of sp³-hybridized carbons (Fsp3) is 0.226. The zero-order valence-electron chi connectivity index (χ0n) is 21.1. The summed E-state index contributed by atoms with van der Waals surface area (Å²) >= 11 is 3.47. The molecule has 0 spiro atoms. The Morgan fingerprint density at radius 1 is 0.919 bits per heavy atom. The van der Waals surface area contributed by atoms with E-state index >= 15 is 0 Å². The van der Waals surface area contributed by atoms with Crippen molar-refractivity contribution in [1.29, 1.82) is 0 Å². The van der Waals surface area contributed by atoms with Crippen LogP contribution in [0.3, 0.4) is 0 Å². The summed E-state index contributed by atoms with van der Waals surface area (Å²) in [4.78, 5) is 31.4. The van der Waals surface area contributed by atoms with Gasteiger partial charge in [-0.3, -0.25) is 14.5 Å². The quantitative estimate of drug-likeness (QED) is 0.248. The van der Waals surface area contributed by atoms with E-state index < -0.39 is 0 Å². The summed E-state index contributed by atoms with van der Waals surface area (Å²) in [5.74, 6) is -0.241. The van der Waals surface area contributed by atoms with E-state index in [9.17, 15) is 9.59 Å². The molecule has 0 aliphatic carbocycles. The molecule has 0 bridgehead atoms. The minimum atomic E-state index is -0.300. The number of rotatable bonds is 7. The third-order valence-electron chi connectivity index (χ3n) is 6.81. The first kappa shape index (κ1) is 25.0. The molecule has 6 heteroatoms. The van der Waals surface area contributed by atoms with Gasteiger partial charge in [-0.1, -0.05) is 77.3 Å². The first-order valence-electron chi connectivity index (χ1n) is 12.7. The lowest BCUT2D eigenvalue weighted by molar-refractivity contribution is -0.119. The van der Waals surface area contributed by atoms with E-state index in [0.29, 0.717) is 12.1 Å². The van der Waals surface area contributed by atoms with E-state index in [-0.39, 0.29) is 24.4 Å². The standard InChI is InChI=1S/C31H30BrN3O2/c1-3-4-17-33(31(37)24-12-8-13-25(32)20-24)21-29(36)35-27-15-6-5-14-26(27)34-18-9-16-28(34)30(35)23-11-7-10-22(2)19-23/h5-16,18-20,30H,3-4,17,21H2,1-2H3. The first-order valence-corrected chi connectivity index (χ1v) is 13.5. The van der Waals surface area contributed by atoms with Gasteiger partial charge in [-0.05, 0) is 61.4 Å². The van der Waals surface area contributed by atoms with E-state index in [1.54, 1.807) is 11.0 Å². The average molecular weight is 557 g/mol. The summed E-state index contributed by atoms with van der Waals surface area (Å²) in [5, 5.41) is 0. The summed E-state index contributed by atoms with van der Waals surface area (Å²) < 4.78 is 3.00. The monoisotopic (exact) mass is 555 g/mol. The number of anilines is 1. The van der Waals surface area contributed by atoms with Gasteiger partial charge in [0.15, 0.2) is 0 Å². The number of aryl methyl sites for hydroxylation is 1. The first-order chi connectivity index (χ1) is 18.0. The third kappa shape index (κ3) is 4.98. The summed E-state index contributed by atoms with van der Waals surface area (Å²) in [6.07, 6.45) is 3.80. The Kier molecular flexibility index (Phi) is 7.28. The van der Waals surface area contributed by atoms with Gasteiger partial charge in [-0.25, -0.2) is 0 Å². The van der Waals surface area contributed by atoms with Crippen molar-refractivity contribution < 1.29 is 9.59 Å². The number of halogens is 1. The van der Waals surface area contributed by atoms with Crippen LogP contribution >= 0.6 is 15.9 Å². The van der Waals surface area contributed by atoms with E-state index in [0.717, 1.165) is 45.5 Å². The fourth-order valence-electron chi connectivity index (χ4n) is 5.06. The molecular weight excluding hydrogens is 526 g/mol. The van der Waals surface area contributed by atoms with Crippen molar-refractivity contribution in [1.82, 2.24) is 9.47 Å². The normalized spacial score (nSPS) is 14.1. The van der Waals surface area contributed by atoms with Crippen molar-refractivity contribution in [3.05, 3.63) is 118 Å². The predicted molar refractivity (Wildman–Crippen MR) is 151 cm³/mol. The number of carbonyl (C=O) groups excluding carboxylic acids is 2. The van der Waals surface area contributed by atoms with Crippen LogP contribution in [0.5, 0.6) is 0 Å². The van der Waals surface area contributed by atoms with Crippen LogP contribution < -0.4 is 4.90 Å². The summed E-state index contributed by atoms with van der Waals surface area (Å²) in [7, 11) is 0. The van der Waals surface area contributed by atoms with Crippen molar-refractivity contribution in [2.75, 3.05) is 18.0 Å². The number of hydrogen-bond acceptors (Lipinski definition) is 2. The molecule has 1 aliphatic rings. The van der Waals surface area contributed by atoms with Gasteiger partial charge in [0.1, 0.15) is 12.6 Å². The van der Waals surface area contributed by atoms with Crippen LogP contribution in [0.1, 0.15) is 53.0 Å². The van der Waals surface area contributed by atoms with Crippen LogP contribution in [0.15, 0.2) is 95.6 Å². The maximum atomic E-state index is 14.3. The number of nitrogens with zero attached hydrogens (tertiary/aromatic N) is 3. The molecule has 188 valence electrons. The molecule has 0 saturated carbocycles. The smallest absolute Gasteiger partial charge is 0.254 e.